The van der Waals surface area contributed by atoms with Crippen LogP contribution < -0.4 is 10.9 Å². The van der Waals surface area contributed by atoms with Crippen LogP contribution in [0.25, 0.3) is 0 Å². The molecule has 1 aromatic carbocycles. The molecular formula is C14H12F2N2O2. The highest BCUT2D eigenvalue weighted by molar-refractivity contribution is 5.94. The van der Waals surface area contributed by atoms with Gasteiger partial charge in [-0.2, -0.15) is 0 Å². The van der Waals surface area contributed by atoms with Gasteiger partial charge in [-0.25, -0.2) is 8.78 Å². The Labute approximate surface area is 113 Å². The van der Waals surface area contributed by atoms with E-state index in [-0.39, 0.29) is 11.1 Å². The molecule has 1 aromatic heterocycles. The normalized spacial score (nSPS) is 11.9. The summed E-state index contributed by atoms with van der Waals surface area (Å²) in [6.45, 7) is 1.65. The summed E-state index contributed by atoms with van der Waals surface area (Å²) >= 11 is 0. The summed E-state index contributed by atoms with van der Waals surface area (Å²) in [6.07, 6.45) is 1.29. The zero-order chi connectivity index (χ0) is 14.7. The second kappa shape index (κ2) is 5.64. The number of carbonyl (C=O) groups excluding carboxylic acids is 1. The van der Waals surface area contributed by atoms with Crippen LogP contribution in [0.4, 0.5) is 8.78 Å². The molecule has 4 nitrogen and oxygen atoms in total. The van der Waals surface area contributed by atoms with Gasteiger partial charge in [0, 0.05) is 12.3 Å². The van der Waals surface area contributed by atoms with Crippen molar-refractivity contribution in [2.24, 2.45) is 0 Å². The van der Waals surface area contributed by atoms with E-state index in [4.69, 9.17) is 0 Å². The molecule has 104 valence electrons. The lowest BCUT2D eigenvalue weighted by molar-refractivity contribution is 0.0939. The van der Waals surface area contributed by atoms with Gasteiger partial charge in [0.1, 0.15) is 0 Å². The molecule has 1 amide bonds. The summed E-state index contributed by atoms with van der Waals surface area (Å²) in [5.74, 6) is -2.32. The zero-order valence-corrected chi connectivity index (χ0v) is 10.6. The number of pyridine rings is 1. The van der Waals surface area contributed by atoms with E-state index in [1.807, 2.05) is 0 Å². The van der Waals surface area contributed by atoms with Crippen LogP contribution in [0.3, 0.4) is 0 Å². The fourth-order valence-corrected chi connectivity index (χ4v) is 1.70. The summed E-state index contributed by atoms with van der Waals surface area (Å²) < 4.78 is 25.9. The lowest BCUT2D eigenvalue weighted by Gasteiger charge is -2.14. The van der Waals surface area contributed by atoms with E-state index >= 15 is 0 Å². The molecule has 0 aliphatic carbocycles. The Balaban J connectivity index is 2.12. The minimum Gasteiger partial charge on any atom is -0.345 e. The number of carbonyl (C=O) groups is 1. The number of aromatic nitrogens is 1. The van der Waals surface area contributed by atoms with Gasteiger partial charge < -0.3 is 10.3 Å². The Morgan fingerprint density at radius 2 is 1.95 bits per heavy atom. The Kier molecular flexibility index (Phi) is 3.93. The van der Waals surface area contributed by atoms with Crippen molar-refractivity contribution < 1.29 is 13.6 Å². The number of nitrogens with one attached hydrogen (secondary N) is 2. The van der Waals surface area contributed by atoms with E-state index < -0.39 is 23.6 Å². The first-order valence-corrected chi connectivity index (χ1v) is 5.92. The third-order valence-corrected chi connectivity index (χ3v) is 2.84. The van der Waals surface area contributed by atoms with Crippen LogP contribution in [0.1, 0.15) is 28.9 Å². The van der Waals surface area contributed by atoms with Crippen molar-refractivity contribution in [3.05, 3.63) is 69.6 Å². The first kappa shape index (κ1) is 13.9. The van der Waals surface area contributed by atoms with Crippen molar-refractivity contribution in [3.8, 4) is 0 Å². The molecular weight excluding hydrogens is 266 g/mol. The molecule has 20 heavy (non-hydrogen) atoms. The van der Waals surface area contributed by atoms with Gasteiger partial charge in [0.2, 0.25) is 5.56 Å². The molecule has 0 spiro atoms. The highest BCUT2D eigenvalue weighted by atomic mass is 19.2. The maximum Gasteiger partial charge on any atom is 0.253 e. The van der Waals surface area contributed by atoms with Crippen LogP contribution in [-0.4, -0.2) is 10.9 Å². The van der Waals surface area contributed by atoms with Gasteiger partial charge in [0.15, 0.2) is 11.6 Å². The molecule has 2 aromatic rings. The van der Waals surface area contributed by atoms with Crippen molar-refractivity contribution in [1.29, 1.82) is 0 Å². The van der Waals surface area contributed by atoms with Crippen LogP contribution in [0.5, 0.6) is 0 Å². The van der Waals surface area contributed by atoms with E-state index in [9.17, 15) is 18.4 Å². The molecule has 0 fully saturated rings. The molecule has 2 rings (SSSR count). The first-order valence-electron chi connectivity index (χ1n) is 5.92. The van der Waals surface area contributed by atoms with Crippen LogP contribution in [0, 0.1) is 11.6 Å². The molecule has 0 radical (unpaired) electrons. The molecule has 0 saturated carbocycles. The van der Waals surface area contributed by atoms with E-state index in [1.165, 1.54) is 24.4 Å². The second-order valence-electron chi connectivity index (χ2n) is 4.31. The van der Waals surface area contributed by atoms with E-state index in [2.05, 4.69) is 10.3 Å². The minimum atomic E-state index is -0.965. The molecule has 2 N–H and O–H groups in total. The smallest absolute Gasteiger partial charge is 0.253 e. The van der Waals surface area contributed by atoms with Gasteiger partial charge in [-0.3, -0.25) is 9.59 Å². The van der Waals surface area contributed by atoms with Crippen molar-refractivity contribution in [3.63, 3.8) is 0 Å². The van der Waals surface area contributed by atoms with Crippen molar-refractivity contribution in [1.82, 2.24) is 10.3 Å². The minimum absolute atomic E-state index is 0.277. The Bertz CT molecular complexity index is 677. The molecule has 1 atom stereocenters. The van der Waals surface area contributed by atoms with Gasteiger partial charge in [-0.1, -0.05) is 6.07 Å². The largest absolute Gasteiger partial charge is 0.345 e. The number of hydrogen-bond acceptors (Lipinski definition) is 2. The van der Waals surface area contributed by atoms with E-state index in [0.717, 1.165) is 12.1 Å². The van der Waals surface area contributed by atoms with Crippen molar-refractivity contribution in [2.45, 2.75) is 13.0 Å². The standard InChI is InChI=1S/C14H12F2N2O2/c1-8(9-2-4-11(15)12(16)6-9)18-14(20)10-3-5-13(19)17-7-10/h2-8H,1H3,(H,17,19)(H,18,20). The molecule has 6 heteroatoms. The van der Waals surface area contributed by atoms with Crippen LogP contribution in [0.2, 0.25) is 0 Å². The zero-order valence-electron chi connectivity index (χ0n) is 10.6. The lowest BCUT2D eigenvalue weighted by Crippen LogP contribution is -2.27. The van der Waals surface area contributed by atoms with Crippen LogP contribution >= 0.6 is 0 Å². The van der Waals surface area contributed by atoms with Gasteiger partial charge >= 0.3 is 0 Å². The topological polar surface area (TPSA) is 62.0 Å². The second-order valence-corrected chi connectivity index (χ2v) is 4.31. The maximum absolute atomic E-state index is 13.1. The third-order valence-electron chi connectivity index (χ3n) is 2.84. The number of H-pyrrole nitrogens is 1. The predicted molar refractivity (Wildman–Crippen MR) is 69.3 cm³/mol. The van der Waals surface area contributed by atoms with Crippen molar-refractivity contribution >= 4 is 5.91 Å². The van der Waals surface area contributed by atoms with Gasteiger partial charge in [-0.15, -0.1) is 0 Å². The predicted octanol–water partition coefficient (Wildman–Crippen LogP) is 2.14. The Morgan fingerprint density at radius 3 is 2.55 bits per heavy atom. The highest BCUT2D eigenvalue weighted by Crippen LogP contribution is 2.16. The summed E-state index contributed by atoms with van der Waals surface area (Å²) in [5, 5.41) is 2.63. The monoisotopic (exact) mass is 278 g/mol. The SMILES string of the molecule is CC(NC(=O)c1ccc(=O)[nH]c1)c1ccc(F)c(F)c1. The van der Waals surface area contributed by atoms with Crippen molar-refractivity contribution in [2.75, 3.05) is 0 Å². The number of aromatic amines is 1. The fourth-order valence-electron chi connectivity index (χ4n) is 1.70. The number of hydrogen-bond donors (Lipinski definition) is 2. The molecule has 0 aliphatic rings. The fraction of sp³-hybridized carbons (Fsp3) is 0.143. The number of rotatable bonds is 3. The molecule has 0 aliphatic heterocycles. The summed E-state index contributed by atoms with van der Waals surface area (Å²) in [5.41, 5.74) is 0.413. The number of amides is 1. The number of halogens is 2. The maximum atomic E-state index is 13.1. The molecule has 0 saturated heterocycles. The summed E-state index contributed by atoms with van der Waals surface area (Å²) in [4.78, 5) is 25.2. The number of benzene rings is 1. The summed E-state index contributed by atoms with van der Waals surface area (Å²) in [6, 6.07) is 5.56. The van der Waals surface area contributed by atoms with Gasteiger partial charge in [0.05, 0.1) is 11.6 Å². The van der Waals surface area contributed by atoms with E-state index in [0.29, 0.717) is 5.56 Å². The van der Waals surface area contributed by atoms with Gasteiger partial charge in [0.25, 0.3) is 5.91 Å². The average Bonchev–Trinajstić information content (AvgIpc) is 2.42. The lowest BCUT2D eigenvalue weighted by atomic mass is 10.1. The highest BCUT2D eigenvalue weighted by Gasteiger charge is 2.13. The van der Waals surface area contributed by atoms with Crippen LogP contribution in [0.15, 0.2) is 41.3 Å². The first-order chi connectivity index (χ1) is 9.47. The Morgan fingerprint density at radius 1 is 1.20 bits per heavy atom. The molecule has 1 heterocycles. The van der Waals surface area contributed by atoms with Crippen LogP contribution in [-0.2, 0) is 0 Å². The average molecular weight is 278 g/mol. The third kappa shape index (κ3) is 3.09. The quantitative estimate of drug-likeness (QED) is 0.903. The van der Waals surface area contributed by atoms with E-state index in [1.54, 1.807) is 6.92 Å². The summed E-state index contributed by atoms with van der Waals surface area (Å²) in [7, 11) is 0. The molecule has 0 bridgehead atoms. The van der Waals surface area contributed by atoms with Gasteiger partial charge in [-0.05, 0) is 30.7 Å². The Hall–Kier alpha value is -2.50. The molecule has 1 unspecified atom stereocenters.